The van der Waals surface area contributed by atoms with E-state index in [1.54, 1.807) is 10.9 Å². The van der Waals surface area contributed by atoms with Gasteiger partial charge in [0.1, 0.15) is 6.54 Å². The Morgan fingerprint density at radius 3 is 2.66 bits per heavy atom. The smallest absolute Gasteiger partial charge is 0.322 e. The molecule has 0 fully saturated rings. The standard InChI is InChI=1S/C25H21F3N6O/c1-15-10-21(25(26,27)28)23-16(2)32-34(24(23)30-15)14-22(35)31-19-11-29-33(13-19)12-18-8-5-7-17-6-3-4-9-20(17)18/h3-11,13H,12,14H2,1-2H3,(H,31,35). The summed E-state index contributed by atoms with van der Waals surface area (Å²) < 4.78 is 43.5. The highest BCUT2D eigenvalue weighted by Gasteiger charge is 2.35. The number of nitrogens with one attached hydrogen (secondary N) is 1. The summed E-state index contributed by atoms with van der Waals surface area (Å²) in [4.78, 5) is 16.9. The van der Waals surface area contributed by atoms with Crippen LogP contribution in [0.4, 0.5) is 18.9 Å². The number of halogens is 3. The Kier molecular flexibility index (Phi) is 5.50. The molecule has 0 radical (unpaired) electrons. The molecule has 178 valence electrons. The molecule has 0 saturated carbocycles. The van der Waals surface area contributed by atoms with Gasteiger partial charge in [0.15, 0.2) is 5.65 Å². The third-order valence-electron chi connectivity index (χ3n) is 5.73. The largest absolute Gasteiger partial charge is 0.417 e. The maximum atomic E-state index is 13.5. The van der Waals surface area contributed by atoms with Crippen LogP contribution in [0.5, 0.6) is 0 Å². The third kappa shape index (κ3) is 4.46. The van der Waals surface area contributed by atoms with E-state index in [2.05, 4.69) is 20.5 Å². The lowest BCUT2D eigenvalue weighted by atomic mass is 10.0. The highest BCUT2D eigenvalue weighted by Crippen LogP contribution is 2.36. The fraction of sp³-hybridized carbons (Fsp3) is 0.200. The highest BCUT2D eigenvalue weighted by molar-refractivity contribution is 5.92. The molecular weight excluding hydrogens is 457 g/mol. The molecular formula is C25H21F3N6O. The van der Waals surface area contributed by atoms with Gasteiger partial charge in [-0.25, -0.2) is 9.67 Å². The number of aromatic nitrogens is 5. The molecule has 0 atom stereocenters. The molecule has 0 aliphatic carbocycles. The first-order valence-corrected chi connectivity index (χ1v) is 10.9. The number of hydrogen-bond donors (Lipinski definition) is 1. The summed E-state index contributed by atoms with van der Waals surface area (Å²) in [6.45, 7) is 3.18. The van der Waals surface area contributed by atoms with Crippen LogP contribution in [0, 0.1) is 13.8 Å². The maximum Gasteiger partial charge on any atom is 0.417 e. The normalized spacial score (nSPS) is 11.9. The van der Waals surface area contributed by atoms with Crippen molar-refractivity contribution in [3.05, 3.63) is 83.4 Å². The highest BCUT2D eigenvalue weighted by atomic mass is 19.4. The lowest BCUT2D eigenvalue weighted by Gasteiger charge is -2.10. The molecule has 3 aromatic heterocycles. The van der Waals surface area contributed by atoms with Crippen molar-refractivity contribution in [2.24, 2.45) is 0 Å². The Labute approximate surface area is 198 Å². The van der Waals surface area contributed by atoms with Crippen LogP contribution in [-0.2, 0) is 24.1 Å². The van der Waals surface area contributed by atoms with E-state index in [0.29, 0.717) is 12.2 Å². The maximum absolute atomic E-state index is 13.5. The van der Waals surface area contributed by atoms with Gasteiger partial charge in [-0.05, 0) is 36.2 Å². The van der Waals surface area contributed by atoms with Crippen molar-refractivity contribution in [3.8, 4) is 0 Å². The van der Waals surface area contributed by atoms with Gasteiger partial charge in [0.2, 0.25) is 5.91 Å². The molecule has 5 aromatic rings. The van der Waals surface area contributed by atoms with Gasteiger partial charge in [0, 0.05) is 11.9 Å². The van der Waals surface area contributed by atoms with Gasteiger partial charge >= 0.3 is 6.18 Å². The van der Waals surface area contributed by atoms with E-state index >= 15 is 0 Å². The summed E-state index contributed by atoms with van der Waals surface area (Å²) in [6, 6.07) is 15.1. The number of benzene rings is 2. The molecule has 0 bridgehead atoms. The lowest BCUT2D eigenvalue weighted by molar-refractivity contribution is -0.136. The van der Waals surface area contributed by atoms with Gasteiger partial charge < -0.3 is 5.32 Å². The Balaban J connectivity index is 1.34. The van der Waals surface area contributed by atoms with Crippen LogP contribution in [0.15, 0.2) is 60.9 Å². The second-order valence-electron chi connectivity index (χ2n) is 8.36. The number of carbonyl (C=O) groups is 1. The molecule has 0 aliphatic rings. The molecule has 0 spiro atoms. The van der Waals surface area contributed by atoms with Crippen LogP contribution in [0.25, 0.3) is 21.8 Å². The fourth-order valence-electron chi connectivity index (χ4n) is 4.27. The second kappa shape index (κ2) is 8.53. The van der Waals surface area contributed by atoms with Gasteiger partial charge in [-0.1, -0.05) is 42.5 Å². The molecule has 2 aromatic carbocycles. The minimum Gasteiger partial charge on any atom is -0.322 e. The summed E-state index contributed by atoms with van der Waals surface area (Å²) >= 11 is 0. The molecule has 5 rings (SSSR count). The van der Waals surface area contributed by atoms with Crippen molar-refractivity contribution in [2.45, 2.75) is 33.1 Å². The zero-order valence-electron chi connectivity index (χ0n) is 19.0. The van der Waals surface area contributed by atoms with E-state index in [1.807, 2.05) is 42.5 Å². The monoisotopic (exact) mass is 478 g/mol. The van der Waals surface area contributed by atoms with Crippen LogP contribution in [0.1, 0.15) is 22.5 Å². The van der Waals surface area contributed by atoms with E-state index in [0.717, 1.165) is 22.4 Å². The van der Waals surface area contributed by atoms with Crippen LogP contribution in [0.3, 0.4) is 0 Å². The van der Waals surface area contributed by atoms with E-state index in [-0.39, 0.29) is 29.0 Å². The van der Waals surface area contributed by atoms with Gasteiger partial charge in [0.25, 0.3) is 0 Å². The third-order valence-corrected chi connectivity index (χ3v) is 5.73. The average Bonchev–Trinajstić information content (AvgIpc) is 3.36. The van der Waals surface area contributed by atoms with Crippen LogP contribution < -0.4 is 5.32 Å². The van der Waals surface area contributed by atoms with Gasteiger partial charge in [-0.3, -0.25) is 9.48 Å². The minimum atomic E-state index is -4.55. The fourth-order valence-corrected chi connectivity index (χ4v) is 4.27. The summed E-state index contributed by atoms with van der Waals surface area (Å²) in [5.41, 5.74) is 1.14. The molecule has 0 aliphatic heterocycles. The number of anilines is 1. The second-order valence-corrected chi connectivity index (χ2v) is 8.36. The first-order valence-electron chi connectivity index (χ1n) is 10.9. The van der Waals surface area contributed by atoms with E-state index in [9.17, 15) is 18.0 Å². The molecule has 10 heteroatoms. The zero-order valence-corrected chi connectivity index (χ0v) is 19.0. The topological polar surface area (TPSA) is 77.6 Å². The number of aryl methyl sites for hydroxylation is 2. The molecule has 3 heterocycles. The number of pyridine rings is 1. The van der Waals surface area contributed by atoms with E-state index in [1.165, 1.54) is 24.7 Å². The molecule has 35 heavy (non-hydrogen) atoms. The number of rotatable bonds is 5. The SMILES string of the molecule is Cc1cc(C(F)(F)F)c2c(C)nn(CC(=O)Nc3cnn(Cc4cccc5ccccc45)c3)c2n1. The predicted molar refractivity (Wildman–Crippen MR) is 126 cm³/mol. The lowest BCUT2D eigenvalue weighted by Crippen LogP contribution is -2.19. The summed E-state index contributed by atoms with van der Waals surface area (Å²) in [7, 11) is 0. The molecule has 0 unspecified atom stereocenters. The van der Waals surface area contributed by atoms with Crippen molar-refractivity contribution in [1.82, 2.24) is 24.5 Å². The Bertz CT molecular complexity index is 1560. The van der Waals surface area contributed by atoms with Gasteiger partial charge in [0.05, 0.1) is 35.1 Å². The average molecular weight is 478 g/mol. The minimum absolute atomic E-state index is 0.0247. The number of nitrogens with zero attached hydrogens (tertiary/aromatic N) is 5. The summed E-state index contributed by atoms with van der Waals surface area (Å²) in [5, 5.41) is 13.4. The van der Waals surface area contributed by atoms with Crippen molar-refractivity contribution in [1.29, 1.82) is 0 Å². The zero-order chi connectivity index (χ0) is 24.7. The van der Waals surface area contributed by atoms with Crippen molar-refractivity contribution < 1.29 is 18.0 Å². The first-order chi connectivity index (χ1) is 16.7. The van der Waals surface area contributed by atoms with Gasteiger partial charge in [-0.15, -0.1) is 0 Å². The number of carbonyl (C=O) groups excluding carboxylic acids is 1. The molecule has 7 nitrogen and oxygen atoms in total. The molecule has 0 saturated heterocycles. The van der Waals surface area contributed by atoms with Gasteiger partial charge in [-0.2, -0.15) is 23.4 Å². The number of amides is 1. The van der Waals surface area contributed by atoms with Crippen molar-refractivity contribution >= 4 is 33.4 Å². The first kappa shape index (κ1) is 22.6. The number of hydrogen-bond acceptors (Lipinski definition) is 4. The Morgan fingerprint density at radius 2 is 1.86 bits per heavy atom. The number of alkyl halides is 3. The number of fused-ring (bicyclic) bond motifs is 2. The predicted octanol–water partition coefficient (Wildman–Crippen LogP) is 5.10. The quantitative estimate of drug-likeness (QED) is 0.381. The van der Waals surface area contributed by atoms with E-state index < -0.39 is 17.6 Å². The van der Waals surface area contributed by atoms with E-state index in [4.69, 9.17) is 0 Å². The van der Waals surface area contributed by atoms with Crippen molar-refractivity contribution in [3.63, 3.8) is 0 Å². The molecule has 1 N–H and O–H groups in total. The summed E-state index contributed by atoms with van der Waals surface area (Å²) in [5.74, 6) is -0.448. The Morgan fingerprint density at radius 1 is 1.09 bits per heavy atom. The van der Waals surface area contributed by atoms with Crippen LogP contribution in [-0.4, -0.2) is 30.5 Å². The molecule has 1 amide bonds. The van der Waals surface area contributed by atoms with Crippen LogP contribution >= 0.6 is 0 Å². The van der Waals surface area contributed by atoms with Crippen LogP contribution in [0.2, 0.25) is 0 Å². The summed E-state index contributed by atoms with van der Waals surface area (Å²) in [6.07, 6.45) is -1.32. The van der Waals surface area contributed by atoms with Crippen molar-refractivity contribution in [2.75, 3.05) is 5.32 Å². The Hall–Kier alpha value is -4.21.